The van der Waals surface area contributed by atoms with E-state index in [0.717, 1.165) is 36.9 Å². The number of fused-ring (bicyclic) bond motifs is 2. The number of nitrogens with one attached hydrogen (secondary N) is 3. The second-order valence-electron chi connectivity index (χ2n) is 10.00. The standard InChI is InChI=1S/C24H29F4N7OS/c25-23(26)21(31)20-12-4-13(12)24(27,28)22(20)33-8-19(36)32-7-17-11(5-14(30)16(6-29)35-17)10-1-2-18-15(3-10)34-9-37-18/h5-6,10,12-13,15,18,23,29,34H,1-4,7-9,30-31H2,(H,32,36)/t10?,12-,13+,15?,18?/m0/s1. The molecule has 0 bridgehead atoms. The van der Waals surface area contributed by atoms with Gasteiger partial charge in [-0.25, -0.2) is 13.8 Å². The van der Waals surface area contributed by atoms with Gasteiger partial charge in [-0.2, -0.15) is 8.78 Å². The number of hydrogen-bond donors (Lipinski definition) is 5. The molecule has 4 fully saturated rings. The van der Waals surface area contributed by atoms with Gasteiger partial charge in [-0.1, -0.05) is 0 Å². The molecule has 7 N–H and O–H groups in total. The molecule has 3 unspecified atom stereocenters. The molecule has 2 heterocycles. The zero-order chi connectivity index (χ0) is 26.5. The maximum atomic E-state index is 14.6. The van der Waals surface area contributed by atoms with Gasteiger partial charge in [0.05, 0.1) is 23.6 Å². The number of nitrogen functional groups attached to an aromatic ring is 1. The van der Waals surface area contributed by atoms with E-state index in [1.807, 2.05) is 11.8 Å². The first-order valence-corrected chi connectivity index (χ1v) is 13.3. The van der Waals surface area contributed by atoms with Crippen molar-refractivity contribution in [1.29, 1.82) is 5.41 Å². The molecule has 0 aromatic carbocycles. The summed E-state index contributed by atoms with van der Waals surface area (Å²) in [7, 11) is 0. The number of amides is 1. The van der Waals surface area contributed by atoms with Crippen molar-refractivity contribution in [1.82, 2.24) is 15.6 Å². The maximum absolute atomic E-state index is 14.6. The Balaban J connectivity index is 1.31. The summed E-state index contributed by atoms with van der Waals surface area (Å²) in [4.78, 5) is 20.8. The summed E-state index contributed by atoms with van der Waals surface area (Å²) in [6.07, 6.45) is 0.922. The van der Waals surface area contributed by atoms with Crippen LogP contribution in [0.2, 0.25) is 0 Å². The molecule has 0 spiro atoms. The Morgan fingerprint density at radius 2 is 2.16 bits per heavy atom. The van der Waals surface area contributed by atoms with Crippen molar-refractivity contribution in [2.75, 3.05) is 18.2 Å². The largest absolute Gasteiger partial charge is 0.397 e. The molecule has 13 heteroatoms. The molecular formula is C24H29F4N7OS. The maximum Gasteiger partial charge on any atom is 0.292 e. The van der Waals surface area contributed by atoms with Crippen molar-refractivity contribution in [2.24, 2.45) is 22.6 Å². The van der Waals surface area contributed by atoms with Gasteiger partial charge in [0.15, 0.2) is 0 Å². The van der Waals surface area contributed by atoms with Gasteiger partial charge in [-0.15, -0.1) is 11.8 Å². The number of thioether (sulfide) groups is 1. The number of carbonyl (C=O) groups is 1. The van der Waals surface area contributed by atoms with Crippen LogP contribution in [0.25, 0.3) is 0 Å². The predicted octanol–water partition coefficient (Wildman–Crippen LogP) is 2.78. The van der Waals surface area contributed by atoms with Crippen molar-refractivity contribution in [2.45, 2.75) is 61.8 Å². The van der Waals surface area contributed by atoms with Crippen LogP contribution in [0.15, 0.2) is 22.3 Å². The van der Waals surface area contributed by atoms with E-state index in [1.54, 1.807) is 6.07 Å². The van der Waals surface area contributed by atoms with E-state index in [9.17, 15) is 22.4 Å². The highest BCUT2D eigenvalue weighted by Gasteiger charge is 2.67. The number of nitrogens with two attached hydrogens (primary N) is 2. The molecule has 1 amide bonds. The first kappa shape index (κ1) is 26.0. The van der Waals surface area contributed by atoms with Crippen molar-refractivity contribution >= 4 is 35.3 Å². The first-order valence-electron chi connectivity index (χ1n) is 12.2. The Bertz CT molecular complexity index is 1170. The van der Waals surface area contributed by atoms with Crippen LogP contribution >= 0.6 is 11.8 Å². The number of nitrogens with zero attached hydrogens (tertiary/aromatic N) is 2. The van der Waals surface area contributed by atoms with Crippen LogP contribution in [0, 0.1) is 17.2 Å². The molecule has 5 rings (SSSR count). The van der Waals surface area contributed by atoms with Gasteiger partial charge < -0.3 is 27.5 Å². The minimum absolute atomic E-state index is 0.00355. The number of hydrogen-bond acceptors (Lipinski definition) is 8. The number of aliphatic imine (C=N–C) groups is 1. The van der Waals surface area contributed by atoms with E-state index >= 15 is 0 Å². The number of halogens is 4. The Morgan fingerprint density at radius 1 is 1.38 bits per heavy atom. The van der Waals surface area contributed by atoms with Crippen LogP contribution < -0.4 is 22.1 Å². The van der Waals surface area contributed by atoms with Crippen molar-refractivity contribution in [3.63, 3.8) is 0 Å². The van der Waals surface area contributed by atoms with Crippen molar-refractivity contribution in [3.05, 3.63) is 34.3 Å². The third kappa shape index (κ3) is 4.83. The van der Waals surface area contributed by atoms with Gasteiger partial charge in [0.1, 0.15) is 18.0 Å². The minimum atomic E-state index is -3.39. The van der Waals surface area contributed by atoms with Gasteiger partial charge in [-0.3, -0.25) is 9.79 Å². The lowest BCUT2D eigenvalue weighted by Crippen LogP contribution is -2.36. The topological polar surface area (TPSA) is 142 Å². The zero-order valence-electron chi connectivity index (χ0n) is 19.9. The third-order valence-corrected chi connectivity index (χ3v) is 9.11. The average Bonchev–Trinajstić information content (AvgIpc) is 3.47. The fourth-order valence-corrected chi connectivity index (χ4v) is 7.07. The monoisotopic (exact) mass is 539 g/mol. The predicted molar refractivity (Wildman–Crippen MR) is 134 cm³/mol. The highest BCUT2D eigenvalue weighted by atomic mass is 32.2. The van der Waals surface area contributed by atoms with E-state index in [1.165, 1.54) is 0 Å². The summed E-state index contributed by atoms with van der Waals surface area (Å²) in [6.45, 7) is -0.656. The molecule has 3 aliphatic carbocycles. The lowest BCUT2D eigenvalue weighted by Gasteiger charge is -2.32. The van der Waals surface area contributed by atoms with Crippen LogP contribution in [0.3, 0.4) is 0 Å². The smallest absolute Gasteiger partial charge is 0.292 e. The molecule has 1 aromatic heterocycles. The van der Waals surface area contributed by atoms with Gasteiger partial charge >= 0.3 is 0 Å². The quantitative estimate of drug-likeness (QED) is 0.266. The normalized spacial score (nSPS) is 32.2. The van der Waals surface area contributed by atoms with E-state index in [2.05, 4.69) is 20.6 Å². The molecule has 4 aliphatic rings. The summed E-state index contributed by atoms with van der Waals surface area (Å²) in [6, 6.07) is 2.19. The van der Waals surface area contributed by atoms with Crippen molar-refractivity contribution < 1.29 is 22.4 Å². The number of carbonyl (C=O) groups excluding carboxylic acids is 1. The molecule has 1 saturated heterocycles. The Labute approximate surface area is 215 Å². The van der Waals surface area contributed by atoms with Gasteiger partial charge in [0, 0.05) is 34.9 Å². The molecule has 37 heavy (non-hydrogen) atoms. The second kappa shape index (κ2) is 9.90. The summed E-state index contributed by atoms with van der Waals surface area (Å²) < 4.78 is 55.6. The van der Waals surface area contributed by atoms with Crippen LogP contribution in [-0.4, -0.2) is 58.9 Å². The molecule has 200 valence electrons. The number of rotatable bonds is 7. The SMILES string of the molecule is N=Cc1nc(CNC(=O)CN=C2C(=C(N)C(F)F)[C@H]3C[C@H]3C2(F)F)c(C2CCC3SCNC3C2)cc1N. The van der Waals surface area contributed by atoms with Gasteiger partial charge in [0.25, 0.3) is 12.3 Å². The van der Waals surface area contributed by atoms with E-state index in [4.69, 9.17) is 16.9 Å². The Hall–Kier alpha value is -2.67. The molecule has 8 nitrogen and oxygen atoms in total. The summed E-state index contributed by atoms with van der Waals surface area (Å²) in [5.41, 5.74) is 11.6. The fraction of sp³-hybridized carbons (Fsp3) is 0.583. The van der Waals surface area contributed by atoms with E-state index < -0.39 is 48.0 Å². The van der Waals surface area contributed by atoms with E-state index in [0.29, 0.717) is 22.7 Å². The summed E-state index contributed by atoms with van der Waals surface area (Å²) in [5, 5.41) is 14.3. The van der Waals surface area contributed by atoms with Crippen LogP contribution in [0.4, 0.5) is 23.2 Å². The van der Waals surface area contributed by atoms with Gasteiger partial charge in [0.2, 0.25) is 5.91 Å². The molecular weight excluding hydrogens is 510 g/mol. The molecule has 1 aromatic rings. The fourth-order valence-electron chi connectivity index (χ4n) is 5.81. The third-order valence-electron chi connectivity index (χ3n) is 7.78. The van der Waals surface area contributed by atoms with Crippen LogP contribution in [-0.2, 0) is 11.3 Å². The Morgan fingerprint density at radius 3 is 2.89 bits per heavy atom. The molecule has 5 atom stereocenters. The summed E-state index contributed by atoms with van der Waals surface area (Å²) in [5.74, 6) is -4.79. The summed E-state index contributed by atoms with van der Waals surface area (Å²) >= 11 is 1.92. The number of pyridine rings is 1. The average molecular weight is 540 g/mol. The van der Waals surface area contributed by atoms with E-state index in [-0.39, 0.29) is 30.2 Å². The highest BCUT2D eigenvalue weighted by Crippen LogP contribution is 2.61. The highest BCUT2D eigenvalue weighted by molar-refractivity contribution is 8.00. The number of allylic oxidation sites excluding steroid dienone is 2. The van der Waals surface area contributed by atoms with Gasteiger partial charge in [-0.05, 0) is 49.1 Å². The van der Waals surface area contributed by atoms with Crippen LogP contribution in [0.1, 0.15) is 48.6 Å². The number of anilines is 1. The lowest BCUT2D eigenvalue weighted by atomic mass is 9.80. The first-order chi connectivity index (χ1) is 17.6. The molecule has 1 aliphatic heterocycles. The van der Waals surface area contributed by atoms with Crippen molar-refractivity contribution in [3.8, 4) is 0 Å². The Kier molecular flexibility index (Phi) is 6.94. The molecule has 3 saturated carbocycles. The number of alkyl halides is 4. The minimum Gasteiger partial charge on any atom is -0.397 e. The zero-order valence-corrected chi connectivity index (χ0v) is 20.8. The second-order valence-corrected chi connectivity index (χ2v) is 11.2. The number of aromatic nitrogens is 1. The lowest BCUT2D eigenvalue weighted by molar-refractivity contribution is -0.119. The van der Waals surface area contributed by atoms with Crippen LogP contribution in [0.5, 0.6) is 0 Å². The molecule has 0 radical (unpaired) electrons.